The number of hydrogen-bond acceptors (Lipinski definition) is 7. The maximum atomic E-state index is 15.2. The van der Waals surface area contributed by atoms with Crippen molar-refractivity contribution in [1.29, 1.82) is 0 Å². The number of nitrogens with zero attached hydrogens (tertiary/aromatic N) is 4. The number of carbonyl (C=O) groups is 1. The molecule has 0 N–H and O–H groups in total. The number of alkyl halides is 3. The first-order valence-corrected chi connectivity index (χ1v) is 11.5. The zero-order valence-electron chi connectivity index (χ0n) is 20.9. The van der Waals surface area contributed by atoms with Gasteiger partial charge in [-0.25, -0.2) is 14.0 Å². The number of allylic oxidation sites excluding steroid dienone is 1. The van der Waals surface area contributed by atoms with Gasteiger partial charge in [0, 0.05) is 6.54 Å². The Kier molecular flexibility index (Phi) is 9.04. The fourth-order valence-corrected chi connectivity index (χ4v) is 3.19. The summed E-state index contributed by atoms with van der Waals surface area (Å²) in [4.78, 5) is 29.3. The highest BCUT2D eigenvalue weighted by molar-refractivity contribution is 5.92. The quantitative estimate of drug-likeness (QED) is 0.203. The largest absolute Gasteiger partial charge is 0.464 e. The molecular weight excluding hydrogens is 512 g/mol. The highest BCUT2D eigenvalue weighted by atomic mass is 19.4. The molecule has 0 saturated heterocycles. The van der Waals surface area contributed by atoms with Crippen LogP contribution >= 0.6 is 0 Å². The van der Waals surface area contributed by atoms with Gasteiger partial charge in [0.05, 0.1) is 12.7 Å². The lowest BCUT2D eigenvalue weighted by Crippen LogP contribution is -2.32. The molecule has 2 heterocycles. The first-order valence-electron chi connectivity index (χ1n) is 11.5. The van der Waals surface area contributed by atoms with E-state index >= 15 is 4.39 Å². The summed E-state index contributed by atoms with van der Waals surface area (Å²) in [6.07, 6.45) is -6.48. The van der Waals surface area contributed by atoms with Crippen molar-refractivity contribution in [3.63, 3.8) is 0 Å². The normalized spacial score (nSPS) is 12.4. The van der Waals surface area contributed by atoms with Crippen molar-refractivity contribution < 1.29 is 36.6 Å². The fraction of sp³-hybridized carbons (Fsp3) is 0.360. The van der Waals surface area contributed by atoms with Gasteiger partial charge in [-0.15, -0.1) is 11.7 Å². The van der Waals surface area contributed by atoms with E-state index < -0.39 is 53.1 Å². The lowest BCUT2D eigenvalue weighted by atomic mass is 10.2. The molecule has 0 amide bonds. The van der Waals surface area contributed by atoms with E-state index in [1.54, 1.807) is 0 Å². The smallest absolute Gasteiger partial charge is 0.425 e. The second-order valence-corrected chi connectivity index (χ2v) is 8.39. The number of pyridine rings is 1. The van der Waals surface area contributed by atoms with E-state index in [2.05, 4.69) is 16.7 Å². The van der Waals surface area contributed by atoms with Gasteiger partial charge in [0.25, 0.3) is 0 Å². The Hall–Kier alpha value is -4.00. The van der Waals surface area contributed by atoms with Gasteiger partial charge < -0.3 is 14.2 Å². The van der Waals surface area contributed by atoms with Gasteiger partial charge in [-0.3, -0.25) is 4.57 Å². The first kappa shape index (κ1) is 28.6. The maximum absolute atomic E-state index is 15.2. The standard InChI is InChI=1S/C25H26F4N4O5/c1-5-11-32-20(14-36-13-17-9-7-6-8-10-17)31-33(24(32)35)21-19(26)12-18(23(34)37-15(2)3)22(30-21)38-16(4)25(27,28)29/h5-10,12,15-16H,1,11,13-14H2,2-4H3/t16-/m0/s1. The number of rotatable bonds is 11. The van der Waals surface area contributed by atoms with Gasteiger partial charge in [-0.1, -0.05) is 36.4 Å². The second-order valence-electron chi connectivity index (χ2n) is 8.39. The Bertz CT molecular complexity index is 1340. The number of carbonyl (C=O) groups excluding carboxylic acids is 1. The minimum atomic E-state index is -4.82. The van der Waals surface area contributed by atoms with Gasteiger partial charge >= 0.3 is 17.8 Å². The Morgan fingerprint density at radius 1 is 1.16 bits per heavy atom. The van der Waals surface area contributed by atoms with E-state index in [0.29, 0.717) is 17.7 Å². The van der Waals surface area contributed by atoms with Crippen molar-refractivity contribution in [3.8, 4) is 11.7 Å². The van der Waals surface area contributed by atoms with Crippen molar-refractivity contribution in [2.75, 3.05) is 0 Å². The molecule has 0 radical (unpaired) electrons. The summed E-state index contributed by atoms with van der Waals surface area (Å²) in [5, 5.41) is 4.08. The fourth-order valence-electron chi connectivity index (χ4n) is 3.19. The number of halogens is 4. The van der Waals surface area contributed by atoms with Crippen LogP contribution in [0.5, 0.6) is 5.88 Å². The van der Waals surface area contributed by atoms with Gasteiger partial charge in [0.1, 0.15) is 12.2 Å². The molecule has 2 aromatic heterocycles. The minimum absolute atomic E-state index is 0.0161. The van der Waals surface area contributed by atoms with E-state index in [4.69, 9.17) is 14.2 Å². The van der Waals surface area contributed by atoms with Crippen molar-refractivity contribution in [2.45, 2.75) is 58.9 Å². The molecule has 0 unspecified atom stereocenters. The van der Waals surface area contributed by atoms with E-state index in [1.165, 1.54) is 19.9 Å². The third-order valence-electron chi connectivity index (χ3n) is 5.03. The Morgan fingerprint density at radius 2 is 1.84 bits per heavy atom. The summed E-state index contributed by atoms with van der Waals surface area (Å²) >= 11 is 0. The average Bonchev–Trinajstić information content (AvgIpc) is 3.14. The van der Waals surface area contributed by atoms with Gasteiger partial charge in [0.15, 0.2) is 23.6 Å². The number of ether oxygens (including phenoxy) is 3. The van der Waals surface area contributed by atoms with E-state index in [1.807, 2.05) is 30.3 Å². The molecule has 0 aliphatic rings. The SMILES string of the molecule is C=CCn1c(COCc2ccccc2)nn(-c2nc(O[C@@H](C)C(F)(F)F)c(C(=O)OC(C)C)cc2F)c1=O. The lowest BCUT2D eigenvalue weighted by molar-refractivity contribution is -0.190. The highest BCUT2D eigenvalue weighted by Crippen LogP contribution is 2.28. The van der Waals surface area contributed by atoms with Crippen LogP contribution in [0.2, 0.25) is 0 Å². The van der Waals surface area contributed by atoms with E-state index in [9.17, 15) is 22.8 Å². The summed E-state index contributed by atoms with van der Waals surface area (Å²) in [6.45, 7) is 7.31. The molecule has 0 aliphatic heterocycles. The second kappa shape index (κ2) is 12.0. The monoisotopic (exact) mass is 538 g/mol. The summed E-state index contributed by atoms with van der Waals surface area (Å²) in [5.74, 6) is -3.92. The minimum Gasteiger partial charge on any atom is -0.464 e. The summed E-state index contributed by atoms with van der Waals surface area (Å²) in [7, 11) is 0. The average molecular weight is 538 g/mol. The molecule has 13 heteroatoms. The molecule has 38 heavy (non-hydrogen) atoms. The van der Waals surface area contributed by atoms with Crippen LogP contribution in [-0.2, 0) is 29.2 Å². The van der Waals surface area contributed by atoms with Crippen molar-refractivity contribution >= 4 is 5.97 Å². The molecule has 0 aliphatic carbocycles. The highest BCUT2D eigenvalue weighted by Gasteiger charge is 2.39. The Balaban J connectivity index is 2.03. The zero-order chi connectivity index (χ0) is 28.0. The van der Waals surface area contributed by atoms with Gasteiger partial charge in [-0.05, 0) is 32.4 Å². The van der Waals surface area contributed by atoms with Crippen molar-refractivity contribution in [2.24, 2.45) is 0 Å². The Labute approximate surface area is 215 Å². The molecule has 0 spiro atoms. The Morgan fingerprint density at radius 3 is 2.45 bits per heavy atom. The van der Waals surface area contributed by atoms with Crippen LogP contribution in [-0.4, -0.2) is 43.7 Å². The number of hydrogen-bond donors (Lipinski definition) is 0. The summed E-state index contributed by atoms with van der Waals surface area (Å²) in [5.41, 5.74) is -0.676. The predicted octanol–water partition coefficient (Wildman–Crippen LogP) is 4.37. The summed E-state index contributed by atoms with van der Waals surface area (Å²) in [6, 6.07) is 9.77. The molecule has 0 saturated carbocycles. The van der Waals surface area contributed by atoms with Crippen LogP contribution in [0.15, 0.2) is 53.8 Å². The van der Waals surface area contributed by atoms with E-state index in [0.717, 1.165) is 10.1 Å². The molecule has 1 aromatic carbocycles. The van der Waals surface area contributed by atoms with Crippen LogP contribution in [0.4, 0.5) is 17.6 Å². The molecular formula is C25H26F4N4O5. The maximum Gasteiger partial charge on any atom is 0.425 e. The third kappa shape index (κ3) is 6.85. The zero-order valence-corrected chi connectivity index (χ0v) is 20.9. The van der Waals surface area contributed by atoms with Crippen LogP contribution in [0, 0.1) is 5.82 Å². The summed E-state index contributed by atoms with van der Waals surface area (Å²) < 4.78 is 71.9. The lowest BCUT2D eigenvalue weighted by Gasteiger charge is -2.19. The van der Waals surface area contributed by atoms with Crippen molar-refractivity contribution in [3.05, 3.63) is 82.3 Å². The molecule has 9 nitrogen and oxygen atoms in total. The third-order valence-corrected chi connectivity index (χ3v) is 5.03. The van der Waals surface area contributed by atoms with E-state index in [-0.39, 0.29) is 25.6 Å². The van der Waals surface area contributed by atoms with Crippen LogP contribution in [0.25, 0.3) is 5.82 Å². The number of benzene rings is 1. The predicted molar refractivity (Wildman–Crippen MR) is 127 cm³/mol. The molecule has 1 atom stereocenters. The van der Waals surface area contributed by atoms with Crippen LogP contribution in [0.1, 0.15) is 42.5 Å². The van der Waals surface area contributed by atoms with Crippen LogP contribution < -0.4 is 10.4 Å². The molecule has 0 bridgehead atoms. The van der Waals surface area contributed by atoms with Crippen LogP contribution in [0.3, 0.4) is 0 Å². The molecule has 204 valence electrons. The number of aromatic nitrogens is 4. The molecule has 3 rings (SSSR count). The molecule has 3 aromatic rings. The van der Waals surface area contributed by atoms with Gasteiger partial charge in [0.2, 0.25) is 5.88 Å². The van der Waals surface area contributed by atoms with Gasteiger partial charge in [-0.2, -0.15) is 22.8 Å². The number of esters is 1. The first-order chi connectivity index (χ1) is 17.9. The topological polar surface area (TPSA) is 97.5 Å². The molecule has 0 fully saturated rings. The van der Waals surface area contributed by atoms with Crippen molar-refractivity contribution in [1.82, 2.24) is 19.3 Å².